The number of anilines is 1. The molecule has 0 saturated carbocycles. The molecule has 0 bridgehead atoms. The summed E-state index contributed by atoms with van der Waals surface area (Å²) >= 11 is 1.99. The fourth-order valence-corrected chi connectivity index (χ4v) is 1.83. The van der Waals surface area contributed by atoms with Gasteiger partial charge < -0.3 is 5.32 Å². The molecular formula is C11H18N2S. The van der Waals surface area contributed by atoms with Gasteiger partial charge in [0.1, 0.15) is 5.82 Å². The Balaban J connectivity index is 2.21. The maximum atomic E-state index is 4.28. The number of aromatic nitrogens is 1. The molecule has 1 aromatic heterocycles. The lowest BCUT2D eigenvalue weighted by atomic mass is 10.3. The maximum absolute atomic E-state index is 4.28. The fourth-order valence-electron chi connectivity index (χ4n) is 1.20. The van der Waals surface area contributed by atoms with Gasteiger partial charge in [0.25, 0.3) is 0 Å². The zero-order valence-electron chi connectivity index (χ0n) is 8.92. The maximum Gasteiger partial charge on any atom is 0.128 e. The van der Waals surface area contributed by atoms with Crippen molar-refractivity contribution < 1.29 is 0 Å². The smallest absolute Gasteiger partial charge is 0.128 e. The van der Waals surface area contributed by atoms with E-state index < -0.39 is 0 Å². The molecule has 1 N–H and O–H groups in total. The van der Waals surface area contributed by atoms with E-state index in [-0.39, 0.29) is 0 Å². The summed E-state index contributed by atoms with van der Waals surface area (Å²) in [5, 5.41) is 3.35. The Kier molecular flexibility index (Phi) is 5.45. The van der Waals surface area contributed by atoms with E-state index >= 15 is 0 Å². The van der Waals surface area contributed by atoms with Gasteiger partial charge in [-0.1, -0.05) is 13.0 Å². The van der Waals surface area contributed by atoms with Crippen LogP contribution in [0, 0.1) is 6.92 Å². The van der Waals surface area contributed by atoms with Gasteiger partial charge in [0.2, 0.25) is 0 Å². The quantitative estimate of drug-likeness (QED) is 0.731. The number of aryl methyl sites for hydroxylation is 1. The molecule has 1 aromatic rings. The van der Waals surface area contributed by atoms with Gasteiger partial charge in [0, 0.05) is 12.7 Å². The second-order valence-electron chi connectivity index (χ2n) is 3.15. The lowest BCUT2D eigenvalue weighted by molar-refractivity contribution is 0.976. The Bertz CT molecular complexity index is 263. The summed E-state index contributed by atoms with van der Waals surface area (Å²) in [4.78, 5) is 4.28. The Hall–Kier alpha value is -0.700. The number of hydrogen-bond acceptors (Lipinski definition) is 3. The molecule has 0 saturated heterocycles. The van der Waals surface area contributed by atoms with E-state index in [4.69, 9.17) is 0 Å². The van der Waals surface area contributed by atoms with Crippen molar-refractivity contribution in [2.24, 2.45) is 0 Å². The van der Waals surface area contributed by atoms with Crippen LogP contribution in [0.2, 0.25) is 0 Å². The van der Waals surface area contributed by atoms with Crippen LogP contribution in [0.15, 0.2) is 18.3 Å². The second-order valence-corrected chi connectivity index (χ2v) is 4.54. The molecule has 14 heavy (non-hydrogen) atoms. The van der Waals surface area contributed by atoms with Crippen molar-refractivity contribution in [2.75, 3.05) is 23.4 Å². The topological polar surface area (TPSA) is 24.9 Å². The van der Waals surface area contributed by atoms with Crippen molar-refractivity contribution in [3.05, 3.63) is 23.9 Å². The van der Waals surface area contributed by atoms with E-state index in [2.05, 4.69) is 30.2 Å². The average Bonchev–Trinajstić information content (AvgIpc) is 2.20. The third-order valence-corrected chi connectivity index (χ3v) is 2.96. The highest BCUT2D eigenvalue weighted by Crippen LogP contribution is 2.09. The zero-order valence-corrected chi connectivity index (χ0v) is 9.73. The van der Waals surface area contributed by atoms with Crippen LogP contribution in [-0.4, -0.2) is 23.0 Å². The summed E-state index contributed by atoms with van der Waals surface area (Å²) in [5.41, 5.74) is 1.22. The van der Waals surface area contributed by atoms with Crippen molar-refractivity contribution in [1.29, 1.82) is 0 Å². The van der Waals surface area contributed by atoms with Crippen molar-refractivity contribution in [3.8, 4) is 0 Å². The van der Waals surface area contributed by atoms with Crippen LogP contribution >= 0.6 is 11.8 Å². The Morgan fingerprint density at radius 3 is 3.07 bits per heavy atom. The average molecular weight is 210 g/mol. The van der Waals surface area contributed by atoms with Crippen molar-refractivity contribution in [2.45, 2.75) is 20.3 Å². The molecule has 0 aromatic carbocycles. The minimum Gasteiger partial charge on any atom is -0.370 e. The van der Waals surface area contributed by atoms with Gasteiger partial charge in [-0.3, -0.25) is 0 Å². The van der Waals surface area contributed by atoms with Gasteiger partial charge in [-0.2, -0.15) is 11.8 Å². The largest absolute Gasteiger partial charge is 0.370 e. The summed E-state index contributed by atoms with van der Waals surface area (Å²) < 4.78 is 0. The molecule has 78 valence electrons. The molecule has 3 heteroatoms. The van der Waals surface area contributed by atoms with Crippen LogP contribution in [0.25, 0.3) is 0 Å². The third-order valence-electron chi connectivity index (χ3n) is 1.97. The Morgan fingerprint density at radius 2 is 2.36 bits per heavy atom. The molecule has 0 fully saturated rings. The molecule has 1 rings (SSSR count). The standard InChI is InChI=1S/C11H18N2S/c1-3-14-9-5-8-13-11-10(2)6-4-7-12-11/h4,6-7H,3,5,8-9H2,1-2H3,(H,12,13). The normalized spacial score (nSPS) is 10.1. The molecule has 0 aliphatic carbocycles. The summed E-state index contributed by atoms with van der Waals surface area (Å²) in [7, 11) is 0. The van der Waals surface area contributed by atoms with Crippen LogP contribution in [0.3, 0.4) is 0 Å². The molecule has 1 heterocycles. The van der Waals surface area contributed by atoms with E-state index in [1.54, 1.807) is 0 Å². The van der Waals surface area contributed by atoms with E-state index in [1.165, 1.54) is 23.5 Å². The first kappa shape index (κ1) is 11.4. The predicted molar refractivity (Wildman–Crippen MR) is 65.1 cm³/mol. The molecule has 0 aliphatic heterocycles. The Labute approximate surface area is 90.5 Å². The number of rotatable bonds is 6. The van der Waals surface area contributed by atoms with Gasteiger partial charge in [-0.15, -0.1) is 0 Å². The number of nitrogens with zero attached hydrogens (tertiary/aromatic N) is 1. The highest BCUT2D eigenvalue weighted by molar-refractivity contribution is 7.99. The summed E-state index contributed by atoms with van der Waals surface area (Å²) in [6, 6.07) is 4.05. The number of nitrogens with one attached hydrogen (secondary N) is 1. The Morgan fingerprint density at radius 1 is 1.50 bits per heavy atom. The first-order valence-electron chi connectivity index (χ1n) is 5.08. The van der Waals surface area contributed by atoms with Gasteiger partial charge in [0.05, 0.1) is 0 Å². The lowest BCUT2D eigenvalue weighted by Gasteiger charge is -2.07. The molecule has 2 nitrogen and oxygen atoms in total. The van der Waals surface area contributed by atoms with Gasteiger partial charge in [-0.25, -0.2) is 4.98 Å². The molecule has 0 atom stereocenters. The van der Waals surface area contributed by atoms with Crippen molar-refractivity contribution in [3.63, 3.8) is 0 Å². The van der Waals surface area contributed by atoms with Gasteiger partial charge >= 0.3 is 0 Å². The fraction of sp³-hybridized carbons (Fsp3) is 0.545. The summed E-state index contributed by atoms with van der Waals surface area (Å²) in [6.45, 7) is 5.29. The second kappa shape index (κ2) is 6.71. The molecule has 0 radical (unpaired) electrons. The number of thioether (sulfide) groups is 1. The monoisotopic (exact) mass is 210 g/mol. The predicted octanol–water partition coefficient (Wildman–Crippen LogP) is 2.95. The highest BCUT2D eigenvalue weighted by atomic mass is 32.2. The van der Waals surface area contributed by atoms with E-state index in [0.29, 0.717) is 0 Å². The van der Waals surface area contributed by atoms with Gasteiger partial charge in [0.15, 0.2) is 0 Å². The third kappa shape index (κ3) is 4.01. The molecule has 0 amide bonds. The van der Waals surface area contributed by atoms with Crippen LogP contribution in [-0.2, 0) is 0 Å². The molecule has 0 aliphatic rings. The highest BCUT2D eigenvalue weighted by Gasteiger charge is 1.95. The number of hydrogen-bond donors (Lipinski definition) is 1. The van der Waals surface area contributed by atoms with Crippen LogP contribution in [0.4, 0.5) is 5.82 Å². The van der Waals surface area contributed by atoms with Crippen LogP contribution in [0.1, 0.15) is 18.9 Å². The first-order valence-corrected chi connectivity index (χ1v) is 6.23. The molecule has 0 spiro atoms. The summed E-state index contributed by atoms with van der Waals surface area (Å²) in [6.07, 6.45) is 3.03. The van der Waals surface area contributed by atoms with Crippen LogP contribution < -0.4 is 5.32 Å². The van der Waals surface area contributed by atoms with E-state index in [1.807, 2.05) is 24.0 Å². The van der Waals surface area contributed by atoms with Crippen molar-refractivity contribution in [1.82, 2.24) is 4.98 Å². The first-order chi connectivity index (χ1) is 6.84. The minimum atomic E-state index is 1.02. The van der Waals surface area contributed by atoms with Crippen molar-refractivity contribution >= 4 is 17.6 Å². The minimum absolute atomic E-state index is 1.02. The summed E-state index contributed by atoms with van der Waals surface area (Å²) in [5.74, 6) is 3.46. The molecular weight excluding hydrogens is 192 g/mol. The van der Waals surface area contributed by atoms with Crippen LogP contribution in [0.5, 0.6) is 0 Å². The van der Waals surface area contributed by atoms with E-state index in [9.17, 15) is 0 Å². The molecule has 0 unspecified atom stereocenters. The zero-order chi connectivity index (χ0) is 10.2. The number of pyridine rings is 1. The SMILES string of the molecule is CCSCCCNc1ncccc1C. The van der Waals surface area contributed by atoms with Gasteiger partial charge in [-0.05, 0) is 36.5 Å². The van der Waals surface area contributed by atoms with E-state index in [0.717, 1.165) is 12.4 Å². The lowest BCUT2D eigenvalue weighted by Crippen LogP contribution is -2.05.